The summed E-state index contributed by atoms with van der Waals surface area (Å²) in [5.74, 6) is 0. The van der Waals surface area contributed by atoms with Crippen molar-refractivity contribution in [1.82, 2.24) is 4.31 Å². The van der Waals surface area contributed by atoms with Gasteiger partial charge in [0.2, 0.25) is 10.0 Å². The van der Waals surface area contributed by atoms with E-state index in [0.717, 1.165) is 0 Å². The topological polar surface area (TPSA) is 72.6 Å². The number of halogens is 3. The first-order valence-corrected chi connectivity index (χ1v) is 8.80. The Labute approximate surface area is 147 Å². The Bertz CT molecular complexity index is 613. The number of nitrogens with two attached hydrogens (primary N) is 1. The van der Waals surface area contributed by atoms with Gasteiger partial charge in [-0.15, -0.1) is 12.4 Å². The van der Waals surface area contributed by atoms with Crippen LogP contribution in [-0.4, -0.2) is 45.1 Å². The van der Waals surface area contributed by atoms with Gasteiger partial charge in [0.1, 0.15) is 4.90 Å². The lowest BCUT2D eigenvalue weighted by Crippen LogP contribution is -2.51. The van der Waals surface area contributed by atoms with E-state index < -0.39 is 10.0 Å². The zero-order valence-electron chi connectivity index (χ0n) is 12.0. The van der Waals surface area contributed by atoms with Gasteiger partial charge >= 0.3 is 0 Å². The summed E-state index contributed by atoms with van der Waals surface area (Å²) in [6.07, 6.45) is 1.23. The Morgan fingerprint density at radius 1 is 1.41 bits per heavy atom. The van der Waals surface area contributed by atoms with Crippen LogP contribution in [0.1, 0.15) is 12.8 Å². The highest BCUT2D eigenvalue weighted by Crippen LogP contribution is 2.33. The molecule has 1 heterocycles. The summed E-state index contributed by atoms with van der Waals surface area (Å²) in [5.41, 5.74) is 5.73. The van der Waals surface area contributed by atoms with Crippen molar-refractivity contribution in [2.45, 2.75) is 29.9 Å². The van der Waals surface area contributed by atoms with Crippen molar-refractivity contribution >= 4 is 45.6 Å². The third kappa shape index (κ3) is 3.87. The number of rotatable bonds is 4. The van der Waals surface area contributed by atoms with E-state index in [1.54, 1.807) is 19.2 Å². The fraction of sp³-hybridized carbons (Fsp3) is 0.538. The van der Waals surface area contributed by atoms with Crippen molar-refractivity contribution in [2.75, 3.05) is 20.2 Å². The van der Waals surface area contributed by atoms with Crippen LogP contribution in [0.25, 0.3) is 0 Å². The first-order valence-electron chi connectivity index (χ1n) is 6.60. The highest BCUT2D eigenvalue weighted by atomic mass is 35.5. The summed E-state index contributed by atoms with van der Waals surface area (Å²) < 4.78 is 32.3. The zero-order chi connectivity index (χ0) is 15.6. The van der Waals surface area contributed by atoms with Gasteiger partial charge in [0.05, 0.1) is 16.1 Å². The van der Waals surface area contributed by atoms with Crippen LogP contribution in [0.4, 0.5) is 0 Å². The van der Waals surface area contributed by atoms with Crippen LogP contribution < -0.4 is 5.73 Å². The van der Waals surface area contributed by atoms with Crippen molar-refractivity contribution in [2.24, 2.45) is 5.73 Å². The molecule has 0 amide bonds. The molecule has 0 spiro atoms. The minimum Gasteiger partial charge on any atom is -0.381 e. The molecule has 1 aliphatic heterocycles. The third-order valence-electron chi connectivity index (χ3n) is 3.72. The molecule has 2 atom stereocenters. The second kappa shape index (κ2) is 8.15. The van der Waals surface area contributed by atoms with E-state index in [0.29, 0.717) is 19.4 Å². The average molecular weight is 390 g/mol. The maximum Gasteiger partial charge on any atom is 0.244 e. The molecule has 126 valence electrons. The second-order valence-corrected chi connectivity index (χ2v) is 7.58. The van der Waals surface area contributed by atoms with Gasteiger partial charge in [-0.25, -0.2) is 8.42 Å². The number of hydrogen-bond acceptors (Lipinski definition) is 4. The number of piperidine rings is 1. The first-order chi connectivity index (χ1) is 9.91. The molecule has 0 radical (unpaired) electrons. The lowest BCUT2D eigenvalue weighted by Gasteiger charge is -2.37. The maximum absolute atomic E-state index is 12.8. The second-order valence-electron chi connectivity index (χ2n) is 4.94. The summed E-state index contributed by atoms with van der Waals surface area (Å²) in [6, 6.07) is 4.28. The molecule has 9 heteroatoms. The number of nitrogens with zero attached hydrogens (tertiary/aromatic N) is 1. The molecule has 2 N–H and O–H groups in total. The molecule has 1 saturated heterocycles. The molecule has 0 saturated carbocycles. The summed E-state index contributed by atoms with van der Waals surface area (Å²) in [7, 11) is -2.11. The van der Waals surface area contributed by atoms with Crippen LogP contribution in [-0.2, 0) is 14.8 Å². The molecule has 0 aliphatic carbocycles. The standard InChI is InChI=1S/C13H18Cl2N2O3S.ClH/c1-20-10-5-6-17(9(7-10)8-16)21(18,19)12-4-2-3-11(14)13(12)15;/h2-4,9-10H,5-8,16H2,1H3;1H. The summed E-state index contributed by atoms with van der Waals surface area (Å²) in [5, 5.41) is 0.262. The summed E-state index contributed by atoms with van der Waals surface area (Å²) >= 11 is 12.0. The molecule has 1 aliphatic rings. The van der Waals surface area contributed by atoms with Gasteiger partial charge in [-0.05, 0) is 25.0 Å². The Kier molecular flexibility index (Phi) is 7.39. The predicted molar refractivity (Wildman–Crippen MR) is 90.5 cm³/mol. The first kappa shape index (κ1) is 20.0. The van der Waals surface area contributed by atoms with Gasteiger partial charge in [0.25, 0.3) is 0 Å². The highest BCUT2D eigenvalue weighted by molar-refractivity contribution is 7.89. The van der Waals surface area contributed by atoms with Crippen LogP contribution in [0.3, 0.4) is 0 Å². The van der Waals surface area contributed by atoms with E-state index in [4.69, 9.17) is 33.7 Å². The number of benzene rings is 1. The Morgan fingerprint density at radius 2 is 2.09 bits per heavy atom. The Morgan fingerprint density at radius 3 is 2.68 bits per heavy atom. The molecule has 5 nitrogen and oxygen atoms in total. The van der Waals surface area contributed by atoms with Crippen molar-refractivity contribution in [3.63, 3.8) is 0 Å². The van der Waals surface area contributed by atoms with Crippen molar-refractivity contribution < 1.29 is 13.2 Å². The van der Waals surface area contributed by atoms with Gasteiger partial charge in [0, 0.05) is 26.2 Å². The fourth-order valence-corrected chi connectivity index (χ4v) is 4.95. The minimum absolute atomic E-state index is 0. The molecule has 1 aromatic carbocycles. The SMILES string of the molecule is COC1CCN(S(=O)(=O)c2cccc(Cl)c2Cl)C(CN)C1.Cl. The quantitative estimate of drug-likeness (QED) is 0.859. The smallest absolute Gasteiger partial charge is 0.244 e. The molecule has 0 bridgehead atoms. The third-order valence-corrected chi connectivity index (χ3v) is 6.65. The Hall–Kier alpha value is -0.0800. The summed E-state index contributed by atoms with van der Waals surface area (Å²) in [4.78, 5) is 0.0194. The van der Waals surface area contributed by atoms with Crippen molar-refractivity contribution in [3.05, 3.63) is 28.2 Å². The molecule has 2 unspecified atom stereocenters. The van der Waals surface area contributed by atoms with E-state index in [2.05, 4.69) is 0 Å². The molecular formula is C13H19Cl3N2O3S. The molecular weight excluding hydrogens is 371 g/mol. The van der Waals surface area contributed by atoms with Crippen LogP contribution >= 0.6 is 35.6 Å². The number of hydrogen-bond donors (Lipinski definition) is 1. The van der Waals surface area contributed by atoms with Crippen molar-refractivity contribution in [1.29, 1.82) is 0 Å². The van der Waals surface area contributed by atoms with E-state index in [-0.39, 0.29) is 46.0 Å². The normalized spacial score (nSPS) is 23.1. The molecule has 0 aromatic heterocycles. The van der Waals surface area contributed by atoms with Crippen LogP contribution in [0.15, 0.2) is 23.1 Å². The van der Waals surface area contributed by atoms with E-state index >= 15 is 0 Å². The van der Waals surface area contributed by atoms with Gasteiger partial charge in [-0.1, -0.05) is 29.3 Å². The van der Waals surface area contributed by atoms with E-state index in [9.17, 15) is 8.42 Å². The van der Waals surface area contributed by atoms with E-state index in [1.165, 1.54) is 10.4 Å². The lowest BCUT2D eigenvalue weighted by molar-refractivity contribution is 0.0401. The average Bonchev–Trinajstić information content (AvgIpc) is 2.49. The largest absolute Gasteiger partial charge is 0.381 e. The predicted octanol–water partition coefficient (Wildman–Crippen LogP) is 2.54. The molecule has 1 fully saturated rings. The van der Waals surface area contributed by atoms with Gasteiger partial charge in [-0.3, -0.25) is 0 Å². The van der Waals surface area contributed by atoms with Gasteiger partial charge < -0.3 is 10.5 Å². The van der Waals surface area contributed by atoms with E-state index in [1.807, 2.05) is 0 Å². The molecule has 1 aromatic rings. The number of ether oxygens (including phenoxy) is 1. The van der Waals surface area contributed by atoms with Gasteiger partial charge in [0.15, 0.2) is 0 Å². The number of sulfonamides is 1. The highest BCUT2D eigenvalue weighted by Gasteiger charge is 2.37. The summed E-state index contributed by atoms with van der Waals surface area (Å²) in [6.45, 7) is 0.586. The molecule has 2 rings (SSSR count). The maximum atomic E-state index is 12.8. The molecule has 22 heavy (non-hydrogen) atoms. The van der Waals surface area contributed by atoms with Crippen LogP contribution in [0, 0.1) is 0 Å². The monoisotopic (exact) mass is 388 g/mol. The van der Waals surface area contributed by atoms with Gasteiger partial charge in [-0.2, -0.15) is 4.31 Å². The van der Waals surface area contributed by atoms with Crippen LogP contribution in [0.5, 0.6) is 0 Å². The fourth-order valence-electron chi connectivity index (χ4n) is 2.55. The van der Waals surface area contributed by atoms with Crippen molar-refractivity contribution in [3.8, 4) is 0 Å². The lowest BCUT2D eigenvalue weighted by atomic mass is 10.0. The number of methoxy groups -OCH3 is 1. The minimum atomic E-state index is -3.73. The Balaban J connectivity index is 0.00000242. The van der Waals surface area contributed by atoms with Crippen LogP contribution in [0.2, 0.25) is 10.0 Å². The zero-order valence-corrected chi connectivity index (χ0v) is 15.2.